The third kappa shape index (κ3) is 3.41. The van der Waals surface area contributed by atoms with E-state index >= 15 is 0 Å². The van der Waals surface area contributed by atoms with Crippen molar-refractivity contribution in [2.45, 2.75) is 32.5 Å². The molecule has 5 heteroatoms. The van der Waals surface area contributed by atoms with Gasteiger partial charge in [0.25, 0.3) is 0 Å². The lowest BCUT2D eigenvalue weighted by atomic mass is 10.1. The van der Waals surface area contributed by atoms with E-state index in [-0.39, 0.29) is 23.7 Å². The molecule has 1 aromatic carbocycles. The fraction of sp³-hybridized carbons (Fsp3) is 0.562. The van der Waals surface area contributed by atoms with Gasteiger partial charge in [-0.3, -0.25) is 10.1 Å². The van der Waals surface area contributed by atoms with Crippen LogP contribution in [0.4, 0.5) is 4.39 Å². The monoisotopic (exact) mass is 294 g/mol. The van der Waals surface area contributed by atoms with Crippen LogP contribution in [0.3, 0.4) is 0 Å². The summed E-state index contributed by atoms with van der Waals surface area (Å²) in [5.74, 6) is -0.0856. The van der Waals surface area contributed by atoms with E-state index in [9.17, 15) is 9.18 Å². The first-order chi connectivity index (χ1) is 10.1. The summed E-state index contributed by atoms with van der Waals surface area (Å²) in [6.07, 6.45) is 0.336. The molecule has 0 bridgehead atoms. The molecule has 1 saturated heterocycles. The van der Waals surface area contributed by atoms with E-state index in [2.05, 4.69) is 5.32 Å². The Morgan fingerprint density at radius 3 is 2.71 bits per heavy atom. The van der Waals surface area contributed by atoms with Crippen LogP contribution in [0.1, 0.15) is 32.0 Å². The van der Waals surface area contributed by atoms with Crippen LogP contribution in [0.2, 0.25) is 0 Å². The molecular formula is C16H23FN2O2. The highest BCUT2D eigenvalue weighted by Crippen LogP contribution is 2.29. The molecule has 0 aliphatic carbocycles. The average Bonchev–Trinajstić information content (AvgIpc) is 2.77. The minimum Gasteiger partial charge on any atom is -0.385 e. The summed E-state index contributed by atoms with van der Waals surface area (Å²) in [7, 11) is 1.63. The van der Waals surface area contributed by atoms with Gasteiger partial charge in [0.15, 0.2) is 0 Å². The maximum Gasteiger partial charge on any atom is 0.241 e. The van der Waals surface area contributed by atoms with Crippen molar-refractivity contribution < 1.29 is 13.9 Å². The molecule has 2 atom stereocenters. The van der Waals surface area contributed by atoms with Crippen molar-refractivity contribution in [1.82, 2.24) is 10.2 Å². The second kappa shape index (κ2) is 7.00. The van der Waals surface area contributed by atoms with E-state index < -0.39 is 6.17 Å². The number of hydrogen-bond acceptors (Lipinski definition) is 3. The summed E-state index contributed by atoms with van der Waals surface area (Å²) < 4.78 is 19.1. The van der Waals surface area contributed by atoms with Gasteiger partial charge in [0, 0.05) is 25.8 Å². The number of ether oxygens (including phenoxy) is 1. The van der Waals surface area contributed by atoms with Gasteiger partial charge < -0.3 is 9.64 Å². The summed E-state index contributed by atoms with van der Waals surface area (Å²) in [4.78, 5) is 14.3. The number of halogens is 1. The Kier molecular flexibility index (Phi) is 5.31. The average molecular weight is 294 g/mol. The maximum atomic E-state index is 14.1. The standard InChI is InChI=1S/C16H23FN2O2/c1-11(2)14-16(20)19(9-6-10-21-3)15(18-14)12-7-4-5-8-13(12)17/h4-5,7-8,11,14-15,18H,6,9-10H2,1-3H3. The summed E-state index contributed by atoms with van der Waals surface area (Å²) in [5, 5.41) is 3.27. The zero-order valence-corrected chi connectivity index (χ0v) is 12.8. The van der Waals surface area contributed by atoms with Gasteiger partial charge >= 0.3 is 0 Å². The lowest BCUT2D eigenvalue weighted by molar-refractivity contribution is -0.131. The van der Waals surface area contributed by atoms with Crippen LogP contribution < -0.4 is 5.32 Å². The highest BCUT2D eigenvalue weighted by molar-refractivity contribution is 5.84. The number of rotatable bonds is 6. The SMILES string of the molecule is COCCCN1C(=O)C(C(C)C)NC1c1ccccc1F. The predicted molar refractivity (Wildman–Crippen MR) is 79.1 cm³/mol. The second-order valence-electron chi connectivity index (χ2n) is 5.69. The Morgan fingerprint density at radius 2 is 2.10 bits per heavy atom. The smallest absolute Gasteiger partial charge is 0.241 e. The molecule has 1 amide bonds. The van der Waals surface area contributed by atoms with E-state index in [4.69, 9.17) is 4.74 Å². The molecule has 2 rings (SSSR count). The van der Waals surface area contributed by atoms with Crippen molar-refractivity contribution in [3.8, 4) is 0 Å². The molecule has 0 saturated carbocycles. The van der Waals surface area contributed by atoms with Gasteiger partial charge in [-0.05, 0) is 18.4 Å². The van der Waals surface area contributed by atoms with E-state index in [0.29, 0.717) is 18.7 Å². The number of hydrogen-bond donors (Lipinski definition) is 1. The molecule has 1 aromatic rings. The van der Waals surface area contributed by atoms with Gasteiger partial charge in [-0.15, -0.1) is 0 Å². The van der Waals surface area contributed by atoms with E-state index in [0.717, 1.165) is 6.42 Å². The Morgan fingerprint density at radius 1 is 1.38 bits per heavy atom. The topological polar surface area (TPSA) is 41.6 Å². The molecule has 2 unspecified atom stereocenters. The largest absolute Gasteiger partial charge is 0.385 e. The van der Waals surface area contributed by atoms with Gasteiger partial charge in [0.05, 0.1) is 6.04 Å². The van der Waals surface area contributed by atoms with Gasteiger partial charge in [0.1, 0.15) is 12.0 Å². The summed E-state index contributed by atoms with van der Waals surface area (Å²) in [5.41, 5.74) is 0.520. The Bertz CT molecular complexity index is 493. The zero-order valence-electron chi connectivity index (χ0n) is 12.8. The quantitative estimate of drug-likeness (QED) is 0.819. The number of amides is 1. The van der Waals surface area contributed by atoms with Crippen molar-refractivity contribution >= 4 is 5.91 Å². The lowest BCUT2D eigenvalue weighted by Crippen LogP contribution is -2.35. The number of nitrogens with one attached hydrogen (secondary N) is 1. The van der Waals surface area contributed by atoms with Crippen molar-refractivity contribution in [3.63, 3.8) is 0 Å². The molecule has 0 aromatic heterocycles. The molecule has 1 N–H and O–H groups in total. The molecule has 1 heterocycles. The minimum absolute atomic E-state index is 0.0364. The van der Waals surface area contributed by atoms with Gasteiger partial charge in [-0.25, -0.2) is 4.39 Å². The van der Waals surface area contributed by atoms with Crippen molar-refractivity contribution in [2.75, 3.05) is 20.3 Å². The van der Waals surface area contributed by atoms with Gasteiger partial charge in [-0.2, -0.15) is 0 Å². The van der Waals surface area contributed by atoms with Crippen molar-refractivity contribution in [2.24, 2.45) is 5.92 Å². The first-order valence-electron chi connectivity index (χ1n) is 7.36. The Hall–Kier alpha value is -1.46. The number of methoxy groups -OCH3 is 1. The molecule has 0 radical (unpaired) electrons. The molecular weight excluding hydrogens is 271 g/mol. The summed E-state index contributed by atoms with van der Waals surface area (Å²) >= 11 is 0. The van der Waals surface area contributed by atoms with E-state index in [1.54, 1.807) is 30.2 Å². The number of nitrogens with zero attached hydrogens (tertiary/aromatic N) is 1. The van der Waals surface area contributed by atoms with Crippen molar-refractivity contribution in [1.29, 1.82) is 0 Å². The van der Waals surface area contributed by atoms with Crippen LogP contribution in [-0.2, 0) is 9.53 Å². The van der Waals surface area contributed by atoms with Crippen molar-refractivity contribution in [3.05, 3.63) is 35.6 Å². The molecule has 4 nitrogen and oxygen atoms in total. The second-order valence-corrected chi connectivity index (χ2v) is 5.69. The summed E-state index contributed by atoms with van der Waals surface area (Å²) in [6, 6.07) is 6.34. The Labute approximate surface area is 125 Å². The van der Waals surface area contributed by atoms with Gasteiger partial charge in [-0.1, -0.05) is 32.0 Å². The third-order valence-electron chi connectivity index (χ3n) is 3.81. The fourth-order valence-electron chi connectivity index (χ4n) is 2.69. The van der Waals surface area contributed by atoms with Gasteiger partial charge in [0.2, 0.25) is 5.91 Å². The van der Waals surface area contributed by atoms with Crippen LogP contribution in [-0.4, -0.2) is 37.1 Å². The van der Waals surface area contributed by atoms with Crippen LogP contribution in [0, 0.1) is 11.7 Å². The van der Waals surface area contributed by atoms with Crippen LogP contribution in [0.15, 0.2) is 24.3 Å². The molecule has 1 aliphatic rings. The first kappa shape index (κ1) is 15.9. The summed E-state index contributed by atoms with van der Waals surface area (Å²) in [6.45, 7) is 5.13. The predicted octanol–water partition coefficient (Wildman–Crippen LogP) is 2.32. The minimum atomic E-state index is -0.400. The molecule has 1 aliphatic heterocycles. The fourth-order valence-corrected chi connectivity index (χ4v) is 2.69. The first-order valence-corrected chi connectivity index (χ1v) is 7.36. The normalized spacial score (nSPS) is 22.3. The molecule has 0 spiro atoms. The number of benzene rings is 1. The van der Waals surface area contributed by atoms with E-state index in [1.165, 1.54) is 6.07 Å². The third-order valence-corrected chi connectivity index (χ3v) is 3.81. The van der Waals surface area contributed by atoms with E-state index in [1.807, 2.05) is 13.8 Å². The number of carbonyl (C=O) groups is 1. The number of carbonyl (C=O) groups excluding carboxylic acids is 1. The maximum absolute atomic E-state index is 14.1. The Balaban J connectivity index is 2.23. The molecule has 116 valence electrons. The lowest BCUT2D eigenvalue weighted by Gasteiger charge is -2.24. The van der Waals surface area contributed by atoms with Crippen LogP contribution in [0.25, 0.3) is 0 Å². The highest BCUT2D eigenvalue weighted by atomic mass is 19.1. The zero-order chi connectivity index (χ0) is 15.4. The van der Waals surface area contributed by atoms with Crippen LogP contribution in [0.5, 0.6) is 0 Å². The highest BCUT2D eigenvalue weighted by Gasteiger charge is 2.41. The molecule has 1 fully saturated rings. The molecule has 21 heavy (non-hydrogen) atoms. The van der Waals surface area contributed by atoms with Crippen LogP contribution >= 0.6 is 0 Å².